The number of benzene rings is 1. The molecule has 4 rings (SSSR count). The maximum absolute atomic E-state index is 16.0. The number of aromatic nitrogens is 1. The predicted octanol–water partition coefficient (Wildman–Crippen LogP) is 4.53. The van der Waals surface area contributed by atoms with E-state index in [9.17, 15) is 13.2 Å². The molecule has 0 saturated carbocycles. The Morgan fingerprint density at radius 1 is 1.15 bits per heavy atom. The van der Waals surface area contributed by atoms with E-state index in [1.165, 1.54) is 16.7 Å². The Morgan fingerprint density at radius 2 is 1.82 bits per heavy atom. The van der Waals surface area contributed by atoms with Gasteiger partial charge in [-0.2, -0.15) is 0 Å². The molecule has 2 aliphatic heterocycles. The maximum atomic E-state index is 16.0. The molecule has 1 aromatic heterocycles. The minimum atomic E-state index is -3.44. The third-order valence-corrected chi connectivity index (χ3v) is 9.03. The van der Waals surface area contributed by atoms with E-state index in [0.29, 0.717) is 22.5 Å². The molecule has 0 N–H and O–H groups in total. The summed E-state index contributed by atoms with van der Waals surface area (Å²) in [6.45, 7) is 14.5. The average Bonchev–Trinajstić information content (AvgIpc) is 2.98. The number of halogens is 1. The highest BCUT2D eigenvalue weighted by Gasteiger charge is 2.45. The number of sulfonamides is 1. The molecule has 7 nitrogen and oxygen atoms in total. The highest BCUT2D eigenvalue weighted by atomic mass is 32.2. The lowest BCUT2D eigenvalue weighted by atomic mass is 9.87. The second-order valence-corrected chi connectivity index (χ2v) is 11.9. The van der Waals surface area contributed by atoms with Crippen molar-refractivity contribution in [3.05, 3.63) is 64.8 Å². The number of anilines is 1. The van der Waals surface area contributed by atoms with Gasteiger partial charge in [-0.1, -0.05) is 18.2 Å². The third kappa shape index (κ3) is 3.71. The number of fused-ring (bicyclic) bond motifs is 1. The van der Waals surface area contributed by atoms with Gasteiger partial charge in [-0.15, -0.1) is 0 Å². The molecular weight excluding hydrogens is 443 g/mol. The van der Waals surface area contributed by atoms with Crippen LogP contribution in [0, 0.1) is 6.57 Å². The molecule has 1 aromatic carbocycles. The van der Waals surface area contributed by atoms with Crippen LogP contribution in [0.5, 0.6) is 0 Å². The Morgan fingerprint density at radius 3 is 2.42 bits per heavy atom. The number of carbonyl (C=O) groups excluding carboxylic acids is 1. The number of hydrogen-bond donors (Lipinski definition) is 0. The first kappa shape index (κ1) is 23.3. The summed E-state index contributed by atoms with van der Waals surface area (Å²) in [7, 11) is -3.44. The van der Waals surface area contributed by atoms with E-state index >= 15 is 4.39 Å². The van der Waals surface area contributed by atoms with Gasteiger partial charge in [-0.05, 0) is 52.2 Å². The molecule has 1 fully saturated rings. The fraction of sp³-hybridized carbons (Fsp3) is 0.458. The highest BCUT2D eigenvalue weighted by Crippen LogP contribution is 2.45. The summed E-state index contributed by atoms with van der Waals surface area (Å²) in [4.78, 5) is 22.5. The van der Waals surface area contributed by atoms with Crippen molar-refractivity contribution in [1.29, 1.82) is 0 Å². The molecule has 0 unspecified atom stereocenters. The van der Waals surface area contributed by atoms with Crippen molar-refractivity contribution in [2.24, 2.45) is 0 Å². The lowest BCUT2D eigenvalue weighted by Gasteiger charge is -2.37. The van der Waals surface area contributed by atoms with Crippen LogP contribution in [0.2, 0.25) is 0 Å². The molecule has 9 heteroatoms. The van der Waals surface area contributed by atoms with E-state index in [1.807, 2.05) is 13.8 Å². The Bertz CT molecular complexity index is 1260. The van der Waals surface area contributed by atoms with Gasteiger partial charge in [0.05, 0.1) is 29.2 Å². The van der Waals surface area contributed by atoms with Crippen LogP contribution in [-0.2, 0) is 21.2 Å². The zero-order valence-corrected chi connectivity index (χ0v) is 20.0. The molecule has 0 atom stereocenters. The molecule has 1 amide bonds. The van der Waals surface area contributed by atoms with Gasteiger partial charge in [0.15, 0.2) is 5.69 Å². The van der Waals surface area contributed by atoms with Crippen LogP contribution in [0.1, 0.15) is 62.0 Å². The monoisotopic (exact) mass is 470 g/mol. The van der Waals surface area contributed by atoms with Crippen molar-refractivity contribution >= 4 is 27.3 Å². The number of carbonyl (C=O) groups is 1. The summed E-state index contributed by atoms with van der Waals surface area (Å²) in [5.74, 6) is -0.226. The van der Waals surface area contributed by atoms with Crippen molar-refractivity contribution in [3.63, 3.8) is 0 Å². The molecule has 2 aromatic rings. The zero-order valence-electron chi connectivity index (χ0n) is 19.2. The fourth-order valence-corrected chi connectivity index (χ4v) is 5.99. The van der Waals surface area contributed by atoms with E-state index in [2.05, 4.69) is 9.83 Å². The van der Waals surface area contributed by atoms with Gasteiger partial charge in [-0.3, -0.25) is 14.7 Å². The van der Waals surface area contributed by atoms with Gasteiger partial charge in [0.2, 0.25) is 10.0 Å². The van der Waals surface area contributed by atoms with Crippen LogP contribution >= 0.6 is 0 Å². The van der Waals surface area contributed by atoms with Gasteiger partial charge in [-0.25, -0.2) is 22.0 Å². The molecule has 0 radical (unpaired) electrons. The quantitative estimate of drug-likeness (QED) is 0.616. The van der Waals surface area contributed by atoms with Crippen LogP contribution in [0.4, 0.5) is 15.8 Å². The molecule has 1 saturated heterocycles. The van der Waals surface area contributed by atoms with Crippen LogP contribution in [0.25, 0.3) is 4.85 Å². The van der Waals surface area contributed by atoms with Gasteiger partial charge in [0.1, 0.15) is 5.67 Å². The van der Waals surface area contributed by atoms with E-state index in [-0.39, 0.29) is 31.8 Å². The van der Waals surface area contributed by atoms with Crippen molar-refractivity contribution in [1.82, 2.24) is 9.29 Å². The summed E-state index contributed by atoms with van der Waals surface area (Å²) in [6, 6.07) is 6.64. The summed E-state index contributed by atoms with van der Waals surface area (Å²) in [6.07, 6.45) is 3.03. The molecule has 174 valence electrons. The molecule has 3 heterocycles. The lowest BCUT2D eigenvalue weighted by molar-refractivity contribution is 0.0862. The molecule has 33 heavy (non-hydrogen) atoms. The number of amides is 1. The normalized spacial score (nSPS) is 20.0. The van der Waals surface area contributed by atoms with Gasteiger partial charge >= 0.3 is 0 Å². The SMILES string of the molecule is [C-]#[N+]c1ccc2c(c1)C(C)(C)N(c1cncc(C3(F)CCN(S(=O)(=O)C(C)C)CC3)c1)C2=O. The lowest BCUT2D eigenvalue weighted by Crippen LogP contribution is -2.45. The Hall–Kier alpha value is -2.83. The van der Waals surface area contributed by atoms with Gasteiger partial charge < -0.3 is 0 Å². The Labute approximate surface area is 194 Å². The van der Waals surface area contributed by atoms with Gasteiger partial charge in [0, 0.05) is 30.4 Å². The van der Waals surface area contributed by atoms with Crippen LogP contribution in [0.15, 0.2) is 36.7 Å². The van der Waals surface area contributed by atoms with Crippen molar-refractivity contribution < 1.29 is 17.6 Å². The van der Waals surface area contributed by atoms with E-state index < -0.39 is 26.5 Å². The second kappa shape index (κ2) is 7.89. The topological polar surface area (TPSA) is 74.9 Å². The summed E-state index contributed by atoms with van der Waals surface area (Å²) < 4.78 is 42.2. The number of hydrogen-bond acceptors (Lipinski definition) is 4. The van der Waals surface area contributed by atoms with Crippen LogP contribution < -0.4 is 4.90 Å². The van der Waals surface area contributed by atoms with E-state index in [4.69, 9.17) is 6.57 Å². The summed E-state index contributed by atoms with van der Waals surface area (Å²) in [5.41, 5.74) is 0.0392. The fourth-order valence-electron chi connectivity index (χ4n) is 4.71. The van der Waals surface area contributed by atoms with E-state index in [0.717, 1.165) is 5.56 Å². The standard InChI is InChI=1S/C24H27FN4O3S/c1-16(2)33(31,32)28-10-8-24(25,9-11-28)17-12-19(15-27-14-17)29-22(30)20-7-6-18(26-5)13-21(20)23(29,3)4/h6-7,12-16H,8-11H2,1-4H3. The highest BCUT2D eigenvalue weighted by molar-refractivity contribution is 7.89. The second-order valence-electron chi connectivity index (χ2n) is 9.43. The molecule has 0 aliphatic carbocycles. The zero-order chi connectivity index (χ0) is 24.2. The minimum Gasteiger partial charge on any atom is -0.297 e. The first-order valence-corrected chi connectivity index (χ1v) is 12.4. The molecule has 0 bridgehead atoms. The van der Waals surface area contributed by atoms with Crippen LogP contribution in [0.3, 0.4) is 0 Å². The summed E-state index contributed by atoms with van der Waals surface area (Å²) >= 11 is 0. The number of rotatable bonds is 4. The third-order valence-electron chi connectivity index (χ3n) is 6.75. The van der Waals surface area contributed by atoms with Crippen molar-refractivity contribution in [2.75, 3.05) is 18.0 Å². The van der Waals surface area contributed by atoms with Crippen molar-refractivity contribution in [3.8, 4) is 0 Å². The predicted molar refractivity (Wildman–Crippen MR) is 124 cm³/mol. The first-order chi connectivity index (χ1) is 15.4. The summed E-state index contributed by atoms with van der Waals surface area (Å²) in [5, 5.41) is -0.553. The molecule has 2 aliphatic rings. The minimum absolute atomic E-state index is 0.0238. The van der Waals surface area contributed by atoms with Crippen LogP contribution in [-0.4, -0.2) is 42.0 Å². The van der Waals surface area contributed by atoms with Gasteiger partial charge in [0.25, 0.3) is 5.91 Å². The molecular formula is C24H27FN4O3S. The average molecular weight is 471 g/mol. The largest absolute Gasteiger partial charge is 0.297 e. The number of pyridine rings is 1. The number of alkyl halides is 1. The smallest absolute Gasteiger partial charge is 0.259 e. The Kier molecular flexibility index (Phi) is 5.58. The van der Waals surface area contributed by atoms with Crippen molar-refractivity contribution in [2.45, 2.75) is 57.0 Å². The first-order valence-electron chi connectivity index (χ1n) is 10.9. The molecule has 0 spiro atoms. The van der Waals surface area contributed by atoms with E-state index in [1.54, 1.807) is 43.0 Å². The number of nitrogens with zero attached hydrogens (tertiary/aromatic N) is 4. The maximum Gasteiger partial charge on any atom is 0.259 e. The number of piperidine rings is 1. The Balaban J connectivity index is 1.64.